The largest absolute Gasteiger partial charge is 0.382 e. The van der Waals surface area contributed by atoms with E-state index in [1.807, 2.05) is 0 Å². The highest BCUT2D eigenvalue weighted by atomic mass is 79.9. The first-order valence-corrected chi connectivity index (χ1v) is 7.93. The van der Waals surface area contributed by atoms with Gasteiger partial charge in [-0.15, -0.1) is 0 Å². The Morgan fingerprint density at radius 3 is 2.63 bits per heavy atom. The molecule has 0 unspecified atom stereocenters. The van der Waals surface area contributed by atoms with Gasteiger partial charge in [0.05, 0.1) is 11.9 Å². The number of aromatic nitrogens is 2. The Morgan fingerprint density at radius 1 is 1.32 bits per heavy atom. The molecular weight excluding hydrogens is 306 g/mol. The van der Waals surface area contributed by atoms with Crippen molar-refractivity contribution in [1.82, 2.24) is 9.78 Å². The summed E-state index contributed by atoms with van der Waals surface area (Å²) in [5.41, 5.74) is 0.716. The summed E-state index contributed by atoms with van der Waals surface area (Å²) < 4.78 is 1.92. The summed E-state index contributed by atoms with van der Waals surface area (Å²) in [6.45, 7) is 0.938. The maximum Gasteiger partial charge on any atom is 0.282 e. The zero-order valence-corrected chi connectivity index (χ0v) is 13.1. The third kappa shape index (κ3) is 4.06. The maximum absolute atomic E-state index is 11.8. The van der Waals surface area contributed by atoms with Gasteiger partial charge in [0.2, 0.25) is 0 Å². The van der Waals surface area contributed by atoms with Crippen molar-refractivity contribution in [3.05, 3.63) is 21.0 Å². The average Bonchev–Trinajstić information content (AvgIpc) is 2.37. The van der Waals surface area contributed by atoms with E-state index < -0.39 is 0 Å². The number of nitrogens with one attached hydrogen (secondary N) is 1. The SMILES string of the molecule is Cn1ncc(NCC2CCCCCCC2)c(Br)c1=O. The fraction of sp³-hybridized carbons (Fsp3) is 0.714. The van der Waals surface area contributed by atoms with Crippen LogP contribution in [0, 0.1) is 5.92 Å². The Labute approximate surface area is 122 Å². The summed E-state index contributed by atoms with van der Waals surface area (Å²) in [5.74, 6) is 0.719. The van der Waals surface area contributed by atoms with E-state index in [2.05, 4.69) is 26.3 Å². The maximum atomic E-state index is 11.8. The van der Waals surface area contributed by atoms with E-state index in [9.17, 15) is 4.79 Å². The second kappa shape index (κ2) is 7.08. The van der Waals surface area contributed by atoms with Gasteiger partial charge in [0.15, 0.2) is 0 Å². The van der Waals surface area contributed by atoms with Crippen molar-refractivity contribution in [2.45, 2.75) is 44.9 Å². The van der Waals surface area contributed by atoms with Gasteiger partial charge in [0.1, 0.15) is 4.47 Å². The molecule has 2 rings (SSSR count). The van der Waals surface area contributed by atoms with Gasteiger partial charge in [-0.05, 0) is 34.7 Å². The predicted octanol–water partition coefficient (Wildman–Crippen LogP) is 3.32. The molecule has 106 valence electrons. The van der Waals surface area contributed by atoms with Crippen LogP contribution in [-0.4, -0.2) is 16.3 Å². The van der Waals surface area contributed by atoms with Crippen molar-refractivity contribution in [1.29, 1.82) is 0 Å². The summed E-state index contributed by atoms with van der Waals surface area (Å²) in [6.07, 6.45) is 11.1. The van der Waals surface area contributed by atoms with Gasteiger partial charge in [0, 0.05) is 13.6 Å². The van der Waals surface area contributed by atoms with Crippen LogP contribution in [0.15, 0.2) is 15.5 Å². The van der Waals surface area contributed by atoms with Crippen LogP contribution >= 0.6 is 15.9 Å². The van der Waals surface area contributed by atoms with E-state index in [0.29, 0.717) is 4.47 Å². The van der Waals surface area contributed by atoms with Crippen molar-refractivity contribution in [3.63, 3.8) is 0 Å². The first-order chi connectivity index (χ1) is 9.18. The van der Waals surface area contributed by atoms with E-state index in [0.717, 1.165) is 18.2 Å². The van der Waals surface area contributed by atoms with Gasteiger partial charge in [-0.1, -0.05) is 32.1 Å². The standard InChI is InChI=1S/C14H22BrN3O/c1-18-14(19)13(15)12(10-17-18)16-9-11-7-5-3-2-4-6-8-11/h10-11,16H,2-9H2,1H3. The lowest BCUT2D eigenvalue weighted by atomic mass is 9.91. The van der Waals surface area contributed by atoms with Crippen molar-refractivity contribution < 1.29 is 0 Å². The second-order valence-electron chi connectivity index (χ2n) is 5.39. The molecule has 1 aliphatic rings. The van der Waals surface area contributed by atoms with Gasteiger partial charge >= 0.3 is 0 Å². The molecule has 4 nitrogen and oxygen atoms in total. The number of hydrogen-bond acceptors (Lipinski definition) is 3. The molecule has 0 aromatic carbocycles. The molecule has 1 aliphatic carbocycles. The number of aryl methyl sites for hydroxylation is 1. The molecule has 1 heterocycles. The van der Waals surface area contributed by atoms with Gasteiger partial charge in [0.25, 0.3) is 5.56 Å². The number of rotatable bonds is 3. The van der Waals surface area contributed by atoms with E-state index in [1.165, 1.54) is 49.6 Å². The Balaban J connectivity index is 1.94. The van der Waals surface area contributed by atoms with Gasteiger partial charge in [-0.3, -0.25) is 4.79 Å². The molecule has 1 aromatic rings. The molecule has 0 aliphatic heterocycles. The first-order valence-electron chi connectivity index (χ1n) is 7.14. The quantitative estimate of drug-likeness (QED) is 0.926. The number of halogens is 1. The molecule has 1 saturated carbocycles. The van der Waals surface area contributed by atoms with Crippen LogP contribution in [0.3, 0.4) is 0 Å². The van der Waals surface area contributed by atoms with E-state index in [-0.39, 0.29) is 5.56 Å². The number of nitrogens with zero attached hydrogens (tertiary/aromatic N) is 2. The minimum absolute atomic E-state index is 0.0948. The van der Waals surface area contributed by atoms with Crippen molar-refractivity contribution in [2.24, 2.45) is 13.0 Å². The van der Waals surface area contributed by atoms with E-state index in [4.69, 9.17) is 0 Å². The Kier molecular flexibility index (Phi) is 5.43. The minimum Gasteiger partial charge on any atom is -0.382 e. The molecule has 0 radical (unpaired) electrons. The lowest BCUT2D eigenvalue weighted by Crippen LogP contribution is -2.23. The smallest absolute Gasteiger partial charge is 0.282 e. The summed E-state index contributed by atoms with van der Waals surface area (Å²) in [7, 11) is 1.66. The van der Waals surface area contributed by atoms with E-state index in [1.54, 1.807) is 13.2 Å². The molecule has 1 fully saturated rings. The summed E-state index contributed by atoms with van der Waals surface area (Å²) in [4.78, 5) is 11.8. The van der Waals surface area contributed by atoms with Gasteiger partial charge < -0.3 is 5.32 Å². The molecular formula is C14H22BrN3O. The molecule has 0 atom stereocenters. The highest BCUT2D eigenvalue weighted by Crippen LogP contribution is 2.23. The monoisotopic (exact) mass is 327 g/mol. The Morgan fingerprint density at radius 2 is 1.95 bits per heavy atom. The third-order valence-electron chi connectivity index (χ3n) is 3.88. The highest BCUT2D eigenvalue weighted by molar-refractivity contribution is 9.10. The Hall–Kier alpha value is -0.840. The van der Waals surface area contributed by atoms with Crippen LogP contribution in [0.4, 0.5) is 5.69 Å². The molecule has 1 N–H and O–H groups in total. The van der Waals surface area contributed by atoms with Gasteiger partial charge in [-0.25, -0.2) is 4.68 Å². The molecule has 1 aromatic heterocycles. The van der Waals surface area contributed by atoms with Crippen LogP contribution < -0.4 is 10.9 Å². The Bertz CT molecular complexity index is 464. The average molecular weight is 328 g/mol. The molecule has 0 saturated heterocycles. The summed E-state index contributed by atoms with van der Waals surface area (Å²) >= 11 is 3.35. The van der Waals surface area contributed by atoms with Crippen LogP contribution in [0.5, 0.6) is 0 Å². The first kappa shape index (κ1) is 14.6. The van der Waals surface area contributed by atoms with Crippen molar-refractivity contribution in [2.75, 3.05) is 11.9 Å². The minimum atomic E-state index is -0.0948. The van der Waals surface area contributed by atoms with Crippen LogP contribution in [0.2, 0.25) is 0 Å². The number of anilines is 1. The highest BCUT2D eigenvalue weighted by Gasteiger charge is 2.13. The number of hydrogen-bond donors (Lipinski definition) is 1. The normalized spacial score (nSPS) is 17.8. The molecule has 0 bridgehead atoms. The molecule has 0 spiro atoms. The van der Waals surface area contributed by atoms with Crippen LogP contribution in [-0.2, 0) is 7.05 Å². The van der Waals surface area contributed by atoms with Crippen molar-refractivity contribution >= 4 is 21.6 Å². The lowest BCUT2D eigenvalue weighted by molar-refractivity contribution is 0.392. The zero-order valence-electron chi connectivity index (χ0n) is 11.5. The van der Waals surface area contributed by atoms with Crippen LogP contribution in [0.1, 0.15) is 44.9 Å². The van der Waals surface area contributed by atoms with Gasteiger partial charge in [-0.2, -0.15) is 5.10 Å². The lowest BCUT2D eigenvalue weighted by Gasteiger charge is -2.20. The fourth-order valence-corrected chi connectivity index (χ4v) is 3.13. The van der Waals surface area contributed by atoms with E-state index >= 15 is 0 Å². The molecule has 19 heavy (non-hydrogen) atoms. The fourth-order valence-electron chi connectivity index (χ4n) is 2.63. The summed E-state index contributed by atoms with van der Waals surface area (Å²) in [5, 5.41) is 7.42. The second-order valence-corrected chi connectivity index (χ2v) is 6.19. The molecule has 5 heteroatoms. The summed E-state index contributed by atoms with van der Waals surface area (Å²) in [6, 6.07) is 0. The predicted molar refractivity (Wildman–Crippen MR) is 81.5 cm³/mol. The van der Waals surface area contributed by atoms with Crippen LogP contribution in [0.25, 0.3) is 0 Å². The topological polar surface area (TPSA) is 46.9 Å². The van der Waals surface area contributed by atoms with Crippen molar-refractivity contribution in [3.8, 4) is 0 Å². The zero-order chi connectivity index (χ0) is 13.7. The molecule has 0 amide bonds. The third-order valence-corrected chi connectivity index (χ3v) is 4.65.